The maximum Gasteiger partial charge on any atom is 0.342 e. The highest BCUT2D eigenvalue weighted by atomic mass is 16.5. The molecule has 7 heteroatoms. The molecule has 0 unspecified atom stereocenters. The number of rotatable bonds is 6. The summed E-state index contributed by atoms with van der Waals surface area (Å²) in [6, 6.07) is 6.18. The summed E-state index contributed by atoms with van der Waals surface area (Å²) in [5.41, 5.74) is 0.237. The van der Waals surface area contributed by atoms with E-state index in [0.717, 1.165) is 25.7 Å². The third-order valence-corrected chi connectivity index (χ3v) is 4.24. The summed E-state index contributed by atoms with van der Waals surface area (Å²) < 4.78 is 10.5. The van der Waals surface area contributed by atoms with Crippen LogP contribution in [0.3, 0.4) is 0 Å². The molecule has 0 radical (unpaired) electrons. The van der Waals surface area contributed by atoms with Gasteiger partial charge in [-0.05, 0) is 38.8 Å². The van der Waals surface area contributed by atoms with Crippen molar-refractivity contribution in [1.29, 1.82) is 0 Å². The summed E-state index contributed by atoms with van der Waals surface area (Å²) in [6.45, 7) is 3.63. The van der Waals surface area contributed by atoms with Gasteiger partial charge in [0.1, 0.15) is 11.3 Å². The summed E-state index contributed by atoms with van der Waals surface area (Å²) in [6.07, 6.45) is 4.06. The van der Waals surface area contributed by atoms with E-state index >= 15 is 0 Å². The minimum Gasteiger partial charge on any atom is -0.493 e. The highest BCUT2D eigenvalue weighted by Gasteiger charge is 2.24. The van der Waals surface area contributed by atoms with Crippen LogP contribution in [-0.4, -0.2) is 36.7 Å². The SMILES string of the molecule is CCOc1ccccc1C(=O)O[C@@H](C)C(=O)NC(=O)NC1CCCCC1. The molecule has 0 spiro atoms. The fraction of sp³-hybridized carbons (Fsp3) is 0.526. The number of ether oxygens (including phenoxy) is 2. The lowest BCUT2D eigenvalue weighted by Gasteiger charge is -2.23. The van der Waals surface area contributed by atoms with Crippen molar-refractivity contribution in [2.75, 3.05) is 6.61 Å². The number of urea groups is 1. The van der Waals surface area contributed by atoms with Crippen LogP contribution in [0.15, 0.2) is 24.3 Å². The largest absolute Gasteiger partial charge is 0.493 e. The van der Waals surface area contributed by atoms with Crippen LogP contribution >= 0.6 is 0 Å². The van der Waals surface area contributed by atoms with E-state index in [1.54, 1.807) is 24.3 Å². The van der Waals surface area contributed by atoms with E-state index in [9.17, 15) is 14.4 Å². The van der Waals surface area contributed by atoms with Gasteiger partial charge in [-0.1, -0.05) is 31.4 Å². The summed E-state index contributed by atoms with van der Waals surface area (Å²) in [4.78, 5) is 36.3. The normalized spacial score (nSPS) is 15.6. The number of amides is 3. The van der Waals surface area contributed by atoms with Crippen molar-refractivity contribution in [2.24, 2.45) is 0 Å². The van der Waals surface area contributed by atoms with Crippen molar-refractivity contribution in [3.63, 3.8) is 0 Å². The minimum atomic E-state index is -1.10. The van der Waals surface area contributed by atoms with Crippen molar-refractivity contribution < 1.29 is 23.9 Å². The number of imide groups is 1. The Morgan fingerprint density at radius 1 is 1.15 bits per heavy atom. The van der Waals surface area contributed by atoms with E-state index in [0.29, 0.717) is 12.4 Å². The third kappa shape index (κ3) is 5.75. The number of hydrogen-bond acceptors (Lipinski definition) is 5. The van der Waals surface area contributed by atoms with E-state index in [4.69, 9.17) is 9.47 Å². The average Bonchev–Trinajstić information content (AvgIpc) is 2.63. The maximum absolute atomic E-state index is 12.3. The third-order valence-electron chi connectivity index (χ3n) is 4.24. The minimum absolute atomic E-state index is 0.0903. The number of carbonyl (C=O) groups excluding carboxylic acids is 3. The summed E-state index contributed by atoms with van der Waals surface area (Å²) in [5.74, 6) is -0.951. The Hall–Kier alpha value is -2.57. The molecule has 0 heterocycles. The topological polar surface area (TPSA) is 93.7 Å². The lowest BCUT2D eigenvalue weighted by molar-refractivity contribution is -0.127. The molecule has 26 heavy (non-hydrogen) atoms. The Bertz CT molecular complexity index is 641. The second kappa shape index (κ2) is 9.79. The first-order chi connectivity index (χ1) is 12.5. The van der Waals surface area contributed by atoms with Crippen LogP contribution in [-0.2, 0) is 9.53 Å². The molecule has 1 aromatic carbocycles. The Morgan fingerprint density at radius 3 is 2.54 bits per heavy atom. The fourth-order valence-electron chi connectivity index (χ4n) is 2.88. The first kappa shape index (κ1) is 19.8. The van der Waals surface area contributed by atoms with Gasteiger partial charge in [0.05, 0.1) is 6.61 Å². The lowest BCUT2D eigenvalue weighted by atomic mass is 9.96. The molecule has 142 valence electrons. The number of carbonyl (C=O) groups is 3. The smallest absolute Gasteiger partial charge is 0.342 e. The van der Waals surface area contributed by atoms with Crippen LogP contribution in [0, 0.1) is 0 Å². The monoisotopic (exact) mass is 362 g/mol. The van der Waals surface area contributed by atoms with E-state index in [-0.39, 0.29) is 11.6 Å². The number of para-hydroxylation sites is 1. The standard InChI is InChI=1S/C19H26N2O5/c1-3-25-16-12-8-7-11-15(16)18(23)26-13(2)17(22)21-19(24)20-14-9-5-4-6-10-14/h7-8,11-14H,3-6,9-10H2,1-2H3,(H2,20,21,22,24)/t13-/m0/s1. The molecule has 1 fully saturated rings. The van der Waals surface area contributed by atoms with Crippen LogP contribution in [0.25, 0.3) is 0 Å². The zero-order chi connectivity index (χ0) is 18.9. The summed E-state index contributed by atoms with van der Waals surface area (Å²) in [5, 5.41) is 5.01. The zero-order valence-electron chi connectivity index (χ0n) is 15.2. The molecule has 1 aliphatic carbocycles. The van der Waals surface area contributed by atoms with E-state index < -0.39 is 24.0 Å². The van der Waals surface area contributed by atoms with Crippen LogP contribution in [0.5, 0.6) is 5.75 Å². The number of benzene rings is 1. The average molecular weight is 362 g/mol. The molecule has 1 atom stereocenters. The Morgan fingerprint density at radius 2 is 1.85 bits per heavy atom. The molecule has 0 aromatic heterocycles. The Labute approximate surface area is 153 Å². The quantitative estimate of drug-likeness (QED) is 0.759. The maximum atomic E-state index is 12.3. The van der Waals surface area contributed by atoms with Gasteiger partial charge in [-0.25, -0.2) is 9.59 Å². The highest BCUT2D eigenvalue weighted by molar-refractivity contribution is 5.99. The highest BCUT2D eigenvalue weighted by Crippen LogP contribution is 2.19. The predicted octanol–water partition coefficient (Wildman–Crippen LogP) is 2.79. The second-order valence-electron chi connectivity index (χ2n) is 6.27. The summed E-state index contributed by atoms with van der Waals surface area (Å²) in [7, 11) is 0. The van der Waals surface area contributed by atoms with Crippen molar-refractivity contribution in [2.45, 2.75) is 58.1 Å². The second-order valence-corrected chi connectivity index (χ2v) is 6.27. The molecule has 1 aromatic rings. The van der Waals surface area contributed by atoms with E-state index in [1.165, 1.54) is 13.3 Å². The van der Waals surface area contributed by atoms with Crippen LogP contribution < -0.4 is 15.4 Å². The predicted molar refractivity (Wildman–Crippen MR) is 96.0 cm³/mol. The molecule has 0 aliphatic heterocycles. The molecule has 2 N–H and O–H groups in total. The van der Waals surface area contributed by atoms with Crippen LogP contribution in [0.4, 0.5) is 4.79 Å². The van der Waals surface area contributed by atoms with Gasteiger partial charge in [0.15, 0.2) is 6.10 Å². The molecular weight excluding hydrogens is 336 g/mol. The van der Waals surface area contributed by atoms with Crippen LogP contribution in [0.1, 0.15) is 56.3 Å². The van der Waals surface area contributed by atoms with Gasteiger partial charge >= 0.3 is 12.0 Å². The van der Waals surface area contributed by atoms with Gasteiger partial charge in [-0.3, -0.25) is 10.1 Å². The fourth-order valence-corrected chi connectivity index (χ4v) is 2.88. The molecular formula is C19H26N2O5. The molecule has 0 bridgehead atoms. The number of hydrogen-bond donors (Lipinski definition) is 2. The van der Waals surface area contributed by atoms with Gasteiger partial charge in [0.25, 0.3) is 5.91 Å². The number of esters is 1. The molecule has 1 saturated carbocycles. The van der Waals surface area contributed by atoms with Crippen molar-refractivity contribution in [3.05, 3.63) is 29.8 Å². The van der Waals surface area contributed by atoms with Gasteiger partial charge in [0, 0.05) is 6.04 Å². The van der Waals surface area contributed by atoms with Gasteiger partial charge < -0.3 is 14.8 Å². The first-order valence-corrected chi connectivity index (χ1v) is 9.05. The van der Waals surface area contributed by atoms with E-state index in [1.807, 2.05) is 6.92 Å². The molecule has 3 amide bonds. The van der Waals surface area contributed by atoms with E-state index in [2.05, 4.69) is 10.6 Å². The molecule has 1 aliphatic rings. The van der Waals surface area contributed by atoms with Gasteiger partial charge in [-0.15, -0.1) is 0 Å². The first-order valence-electron chi connectivity index (χ1n) is 9.05. The van der Waals surface area contributed by atoms with Crippen molar-refractivity contribution in [3.8, 4) is 5.75 Å². The Balaban J connectivity index is 1.86. The molecule has 2 rings (SSSR count). The molecule has 0 saturated heterocycles. The van der Waals surface area contributed by atoms with Crippen molar-refractivity contribution in [1.82, 2.24) is 10.6 Å². The number of nitrogens with one attached hydrogen (secondary N) is 2. The lowest BCUT2D eigenvalue weighted by Crippen LogP contribution is -2.48. The van der Waals surface area contributed by atoms with Gasteiger partial charge in [-0.2, -0.15) is 0 Å². The Kier molecular flexibility index (Phi) is 7.44. The zero-order valence-corrected chi connectivity index (χ0v) is 15.2. The van der Waals surface area contributed by atoms with Crippen molar-refractivity contribution >= 4 is 17.9 Å². The van der Waals surface area contributed by atoms with Gasteiger partial charge in [0.2, 0.25) is 0 Å². The van der Waals surface area contributed by atoms with Crippen LogP contribution in [0.2, 0.25) is 0 Å². The molecule has 7 nitrogen and oxygen atoms in total. The summed E-state index contributed by atoms with van der Waals surface area (Å²) >= 11 is 0.